The van der Waals surface area contributed by atoms with Gasteiger partial charge in [-0.2, -0.15) is 5.10 Å². The first kappa shape index (κ1) is 10.3. The number of hydrogen-bond acceptors (Lipinski definition) is 2. The van der Waals surface area contributed by atoms with Crippen LogP contribution < -0.4 is 5.73 Å². The van der Waals surface area contributed by atoms with E-state index in [-0.39, 0.29) is 5.88 Å². The summed E-state index contributed by atoms with van der Waals surface area (Å²) in [7, 11) is 0. The number of amidine groups is 1. The van der Waals surface area contributed by atoms with E-state index in [1.165, 1.54) is 0 Å². The molecule has 15 heavy (non-hydrogen) atoms. The minimum Gasteiger partial charge on any atom is -0.386 e. The Kier molecular flexibility index (Phi) is 2.79. The topological polar surface area (TPSA) is 67.1 Å². The number of fused-ring (bicyclic) bond motifs is 1. The molecule has 2 aromatic rings. The normalized spacial score (nSPS) is 12.3. The van der Waals surface area contributed by atoms with Crippen molar-refractivity contribution in [3.63, 3.8) is 0 Å². The molecule has 0 unspecified atom stereocenters. The van der Waals surface area contributed by atoms with Gasteiger partial charge in [0.25, 0.3) is 0 Å². The molecule has 0 radical (unpaired) electrons. The van der Waals surface area contributed by atoms with Crippen LogP contribution in [0.15, 0.2) is 23.2 Å². The van der Waals surface area contributed by atoms with Gasteiger partial charge in [-0.25, -0.2) is 4.99 Å². The lowest BCUT2D eigenvalue weighted by Crippen LogP contribution is -2.12. The average Bonchev–Trinajstić information content (AvgIpc) is 2.62. The molecule has 78 valence electrons. The van der Waals surface area contributed by atoms with Gasteiger partial charge in [0.05, 0.1) is 11.6 Å². The molecule has 2 rings (SSSR count). The van der Waals surface area contributed by atoms with Crippen LogP contribution in [-0.4, -0.2) is 21.9 Å². The number of para-hydroxylation sites is 1. The fourth-order valence-electron chi connectivity index (χ4n) is 1.27. The minimum atomic E-state index is 0.189. The number of nitrogens with two attached hydrogens (primary N) is 1. The van der Waals surface area contributed by atoms with Gasteiger partial charge in [-0.05, 0) is 12.1 Å². The van der Waals surface area contributed by atoms with Crippen LogP contribution in [0.3, 0.4) is 0 Å². The van der Waals surface area contributed by atoms with E-state index < -0.39 is 0 Å². The van der Waals surface area contributed by atoms with E-state index >= 15 is 0 Å². The van der Waals surface area contributed by atoms with Gasteiger partial charge in [-0.1, -0.05) is 17.7 Å². The summed E-state index contributed by atoms with van der Waals surface area (Å²) in [4.78, 5) is 4.14. The van der Waals surface area contributed by atoms with Crippen LogP contribution in [-0.2, 0) is 0 Å². The largest absolute Gasteiger partial charge is 0.386 e. The van der Waals surface area contributed by atoms with Crippen molar-refractivity contribution in [1.29, 1.82) is 0 Å². The molecular formula is C9H8Cl2N4. The van der Waals surface area contributed by atoms with E-state index in [2.05, 4.69) is 15.2 Å². The van der Waals surface area contributed by atoms with Crippen LogP contribution in [0.4, 0.5) is 5.69 Å². The Hall–Kier alpha value is -1.26. The number of halogens is 2. The molecule has 0 saturated heterocycles. The minimum absolute atomic E-state index is 0.189. The van der Waals surface area contributed by atoms with Crippen LogP contribution in [0.2, 0.25) is 5.15 Å². The van der Waals surface area contributed by atoms with Crippen LogP contribution in [0.25, 0.3) is 10.9 Å². The molecule has 0 amide bonds. The Bertz CT molecular complexity index is 518. The second-order valence-electron chi connectivity index (χ2n) is 2.95. The molecule has 0 bridgehead atoms. The Labute approximate surface area is 96.1 Å². The summed E-state index contributed by atoms with van der Waals surface area (Å²) in [6.45, 7) is 0. The molecule has 0 saturated carbocycles. The molecule has 0 fully saturated rings. The third-order valence-corrected chi connectivity index (χ3v) is 2.48. The first-order chi connectivity index (χ1) is 7.22. The highest BCUT2D eigenvalue weighted by Gasteiger charge is 2.06. The molecule has 0 aliphatic rings. The van der Waals surface area contributed by atoms with E-state index in [9.17, 15) is 0 Å². The summed E-state index contributed by atoms with van der Waals surface area (Å²) >= 11 is 11.4. The van der Waals surface area contributed by atoms with Crippen molar-refractivity contribution in [2.24, 2.45) is 10.7 Å². The maximum Gasteiger partial charge on any atom is 0.132 e. The second kappa shape index (κ2) is 4.08. The van der Waals surface area contributed by atoms with Crippen LogP contribution in [0.1, 0.15) is 0 Å². The van der Waals surface area contributed by atoms with Gasteiger partial charge in [0.1, 0.15) is 16.5 Å². The summed E-state index contributed by atoms with van der Waals surface area (Å²) in [6, 6.07) is 5.50. The molecule has 4 nitrogen and oxygen atoms in total. The van der Waals surface area contributed by atoms with Gasteiger partial charge in [0.15, 0.2) is 0 Å². The molecule has 1 heterocycles. The summed E-state index contributed by atoms with van der Waals surface area (Å²) in [5.41, 5.74) is 6.90. The third kappa shape index (κ3) is 1.91. The highest BCUT2D eigenvalue weighted by Crippen LogP contribution is 2.28. The number of alkyl halides is 1. The number of aromatic amines is 1. The summed E-state index contributed by atoms with van der Waals surface area (Å²) in [5.74, 6) is 0.539. The van der Waals surface area contributed by atoms with Crippen molar-refractivity contribution >= 4 is 45.6 Å². The molecule has 3 N–H and O–H groups in total. The number of rotatable bonds is 2. The van der Waals surface area contributed by atoms with Crippen LogP contribution in [0, 0.1) is 0 Å². The Morgan fingerprint density at radius 2 is 2.33 bits per heavy atom. The number of aromatic nitrogens is 2. The van der Waals surface area contributed by atoms with Crippen LogP contribution >= 0.6 is 23.2 Å². The average molecular weight is 243 g/mol. The van der Waals surface area contributed by atoms with E-state index in [0.29, 0.717) is 22.2 Å². The maximum atomic E-state index is 5.89. The Morgan fingerprint density at radius 1 is 1.53 bits per heavy atom. The number of H-pyrrole nitrogens is 1. The summed E-state index contributed by atoms with van der Waals surface area (Å²) in [6.07, 6.45) is 0. The van der Waals surface area contributed by atoms with Gasteiger partial charge < -0.3 is 5.73 Å². The highest BCUT2D eigenvalue weighted by molar-refractivity contribution is 6.34. The Morgan fingerprint density at radius 3 is 3.07 bits per heavy atom. The molecule has 0 spiro atoms. The van der Waals surface area contributed by atoms with Gasteiger partial charge >= 0.3 is 0 Å². The summed E-state index contributed by atoms with van der Waals surface area (Å²) in [5, 5.41) is 8.04. The van der Waals surface area contributed by atoms with Gasteiger partial charge in [-0.3, -0.25) is 5.10 Å². The van der Waals surface area contributed by atoms with Crippen LogP contribution in [0.5, 0.6) is 0 Å². The molecule has 1 aromatic carbocycles. The van der Waals surface area contributed by atoms with Gasteiger partial charge in [0.2, 0.25) is 0 Å². The first-order valence-electron chi connectivity index (χ1n) is 4.24. The Balaban J connectivity index is 2.61. The summed E-state index contributed by atoms with van der Waals surface area (Å²) < 4.78 is 0. The molecule has 6 heteroatoms. The lowest BCUT2D eigenvalue weighted by Gasteiger charge is -1.97. The lowest BCUT2D eigenvalue weighted by molar-refractivity contribution is 1.12. The predicted molar refractivity (Wildman–Crippen MR) is 63.1 cm³/mol. The fraction of sp³-hybridized carbons (Fsp3) is 0.111. The number of aliphatic imine (C=N–C) groups is 1. The van der Waals surface area contributed by atoms with E-state index in [1.807, 2.05) is 12.1 Å². The van der Waals surface area contributed by atoms with Gasteiger partial charge in [-0.15, -0.1) is 11.6 Å². The third-order valence-electron chi connectivity index (χ3n) is 1.92. The number of benzene rings is 1. The lowest BCUT2D eigenvalue weighted by atomic mass is 10.2. The standard InChI is InChI=1S/C9H8Cl2N4/c10-4-7(12)13-6-3-1-2-5-8(6)14-15-9(5)11/h1-3H,4H2,(H2,12,13)(H,14,15). The van der Waals surface area contributed by atoms with Crippen molar-refractivity contribution in [2.75, 3.05) is 5.88 Å². The zero-order valence-corrected chi connectivity index (χ0v) is 9.18. The molecular weight excluding hydrogens is 235 g/mol. The number of hydrogen-bond donors (Lipinski definition) is 2. The molecule has 1 aromatic heterocycles. The number of nitrogens with zero attached hydrogens (tertiary/aromatic N) is 2. The monoisotopic (exact) mass is 242 g/mol. The fourth-order valence-corrected chi connectivity index (χ4v) is 1.52. The van der Waals surface area contributed by atoms with E-state index in [4.69, 9.17) is 28.9 Å². The van der Waals surface area contributed by atoms with E-state index in [1.54, 1.807) is 6.07 Å². The van der Waals surface area contributed by atoms with Crippen molar-refractivity contribution < 1.29 is 0 Å². The molecule has 0 aliphatic carbocycles. The van der Waals surface area contributed by atoms with Crippen molar-refractivity contribution in [2.45, 2.75) is 0 Å². The van der Waals surface area contributed by atoms with Crippen molar-refractivity contribution in [1.82, 2.24) is 10.2 Å². The first-order valence-corrected chi connectivity index (χ1v) is 5.15. The quantitative estimate of drug-likeness (QED) is 0.483. The van der Waals surface area contributed by atoms with Crippen molar-refractivity contribution in [3.8, 4) is 0 Å². The van der Waals surface area contributed by atoms with Crippen molar-refractivity contribution in [3.05, 3.63) is 23.4 Å². The molecule has 0 aliphatic heterocycles. The predicted octanol–water partition coefficient (Wildman–Crippen LogP) is 2.44. The number of nitrogens with one attached hydrogen (secondary N) is 1. The molecule has 0 atom stereocenters. The second-order valence-corrected chi connectivity index (χ2v) is 3.59. The zero-order valence-electron chi connectivity index (χ0n) is 7.67. The van der Waals surface area contributed by atoms with E-state index in [0.717, 1.165) is 5.39 Å². The highest BCUT2D eigenvalue weighted by atomic mass is 35.5. The zero-order chi connectivity index (χ0) is 10.8. The smallest absolute Gasteiger partial charge is 0.132 e. The maximum absolute atomic E-state index is 5.89. The van der Waals surface area contributed by atoms with Gasteiger partial charge in [0, 0.05) is 5.39 Å². The SMILES string of the molecule is NC(CCl)=Nc1cccc2c(Cl)[nH]nc12.